The van der Waals surface area contributed by atoms with Gasteiger partial charge in [0.05, 0.1) is 13.0 Å². The second-order valence-corrected chi connectivity index (χ2v) is 3.55. The molecule has 0 amide bonds. The molecule has 2 rings (SSSR count). The summed E-state index contributed by atoms with van der Waals surface area (Å²) < 4.78 is 5.14. The number of alkyl halides is 1. The maximum Gasteiger partial charge on any atom is 0.159 e. The highest BCUT2D eigenvalue weighted by Crippen LogP contribution is 2.20. The standard InChI is InChI=1S/C12H11ClN2O/c1-16-11-4-2-3-10(5-11)12-14-7-9(6-13)8-15-12/h2-5,7-8H,6H2,1H3. The molecular formula is C12H11ClN2O. The molecule has 1 heterocycles. The Morgan fingerprint density at radius 2 is 2.00 bits per heavy atom. The molecule has 16 heavy (non-hydrogen) atoms. The summed E-state index contributed by atoms with van der Waals surface area (Å²) in [6.45, 7) is 0. The minimum atomic E-state index is 0.429. The summed E-state index contributed by atoms with van der Waals surface area (Å²) in [5.41, 5.74) is 1.84. The van der Waals surface area contributed by atoms with Gasteiger partial charge >= 0.3 is 0 Å². The third-order valence-electron chi connectivity index (χ3n) is 2.19. The van der Waals surface area contributed by atoms with E-state index in [2.05, 4.69) is 9.97 Å². The Labute approximate surface area is 99.1 Å². The molecule has 0 unspecified atom stereocenters. The zero-order valence-electron chi connectivity index (χ0n) is 8.85. The molecule has 2 aromatic rings. The lowest BCUT2D eigenvalue weighted by atomic mass is 10.2. The second-order valence-electron chi connectivity index (χ2n) is 3.28. The van der Waals surface area contributed by atoms with Gasteiger partial charge < -0.3 is 4.74 Å². The smallest absolute Gasteiger partial charge is 0.159 e. The third-order valence-corrected chi connectivity index (χ3v) is 2.50. The molecule has 0 fully saturated rings. The van der Waals surface area contributed by atoms with Crippen LogP contribution in [0.5, 0.6) is 5.75 Å². The molecule has 0 saturated carbocycles. The molecule has 0 aliphatic rings. The van der Waals surface area contributed by atoms with E-state index >= 15 is 0 Å². The molecular weight excluding hydrogens is 224 g/mol. The average Bonchev–Trinajstić information content (AvgIpc) is 2.39. The van der Waals surface area contributed by atoms with Crippen molar-refractivity contribution in [3.05, 3.63) is 42.2 Å². The minimum absolute atomic E-state index is 0.429. The number of rotatable bonds is 3. The second kappa shape index (κ2) is 4.94. The Balaban J connectivity index is 2.34. The van der Waals surface area contributed by atoms with E-state index in [1.807, 2.05) is 24.3 Å². The number of aromatic nitrogens is 2. The first kappa shape index (κ1) is 10.9. The van der Waals surface area contributed by atoms with Crippen molar-refractivity contribution in [3.63, 3.8) is 0 Å². The Morgan fingerprint density at radius 3 is 2.62 bits per heavy atom. The zero-order chi connectivity index (χ0) is 11.4. The van der Waals surface area contributed by atoms with Gasteiger partial charge in [0.25, 0.3) is 0 Å². The summed E-state index contributed by atoms with van der Waals surface area (Å²) in [5.74, 6) is 1.90. The van der Waals surface area contributed by atoms with Crippen molar-refractivity contribution in [2.45, 2.75) is 5.88 Å². The van der Waals surface area contributed by atoms with Gasteiger partial charge in [-0.3, -0.25) is 0 Å². The number of halogens is 1. The first-order valence-electron chi connectivity index (χ1n) is 4.85. The summed E-state index contributed by atoms with van der Waals surface area (Å²) >= 11 is 5.67. The van der Waals surface area contributed by atoms with Crippen LogP contribution in [0.1, 0.15) is 5.56 Å². The fourth-order valence-corrected chi connectivity index (χ4v) is 1.47. The number of hydrogen-bond acceptors (Lipinski definition) is 3. The monoisotopic (exact) mass is 234 g/mol. The molecule has 4 heteroatoms. The van der Waals surface area contributed by atoms with Crippen LogP contribution in [0, 0.1) is 0 Å². The first-order valence-corrected chi connectivity index (χ1v) is 5.38. The van der Waals surface area contributed by atoms with Gasteiger partial charge in [-0.2, -0.15) is 0 Å². The summed E-state index contributed by atoms with van der Waals surface area (Å²) in [5, 5.41) is 0. The molecule has 1 aromatic carbocycles. The Morgan fingerprint density at radius 1 is 1.25 bits per heavy atom. The zero-order valence-corrected chi connectivity index (χ0v) is 9.61. The summed E-state index contributed by atoms with van der Waals surface area (Å²) in [6.07, 6.45) is 3.46. The molecule has 0 N–H and O–H groups in total. The van der Waals surface area contributed by atoms with Crippen LogP contribution in [0.2, 0.25) is 0 Å². The minimum Gasteiger partial charge on any atom is -0.497 e. The Hall–Kier alpha value is -1.61. The van der Waals surface area contributed by atoms with Crippen molar-refractivity contribution >= 4 is 11.6 Å². The Kier molecular flexibility index (Phi) is 3.37. The number of methoxy groups -OCH3 is 1. The van der Waals surface area contributed by atoms with Crippen molar-refractivity contribution in [1.29, 1.82) is 0 Å². The topological polar surface area (TPSA) is 35.0 Å². The van der Waals surface area contributed by atoms with E-state index in [4.69, 9.17) is 16.3 Å². The van der Waals surface area contributed by atoms with E-state index in [1.165, 1.54) is 0 Å². The lowest BCUT2D eigenvalue weighted by Crippen LogP contribution is -1.91. The van der Waals surface area contributed by atoms with Gasteiger partial charge in [-0.05, 0) is 12.1 Å². The molecule has 0 radical (unpaired) electrons. The van der Waals surface area contributed by atoms with E-state index in [-0.39, 0.29) is 0 Å². The van der Waals surface area contributed by atoms with Crippen molar-refractivity contribution in [2.75, 3.05) is 7.11 Å². The Bertz CT molecular complexity index is 471. The number of hydrogen-bond donors (Lipinski definition) is 0. The van der Waals surface area contributed by atoms with E-state index in [0.717, 1.165) is 16.9 Å². The van der Waals surface area contributed by atoms with Crippen molar-refractivity contribution in [2.24, 2.45) is 0 Å². The van der Waals surface area contributed by atoms with Gasteiger partial charge in [-0.25, -0.2) is 9.97 Å². The van der Waals surface area contributed by atoms with Crippen LogP contribution in [0.4, 0.5) is 0 Å². The number of ether oxygens (including phenoxy) is 1. The molecule has 0 bridgehead atoms. The van der Waals surface area contributed by atoms with Crippen LogP contribution < -0.4 is 4.74 Å². The predicted octanol–water partition coefficient (Wildman–Crippen LogP) is 2.89. The normalized spacial score (nSPS) is 10.1. The maximum atomic E-state index is 5.67. The number of benzene rings is 1. The lowest BCUT2D eigenvalue weighted by Gasteiger charge is -2.03. The molecule has 3 nitrogen and oxygen atoms in total. The third kappa shape index (κ3) is 2.31. The number of nitrogens with zero attached hydrogens (tertiary/aromatic N) is 2. The van der Waals surface area contributed by atoms with Gasteiger partial charge in [0.2, 0.25) is 0 Å². The van der Waals surface area contributed by atoms with Crippen molar-refractivity contribution in [1.82, 2.24) is 9.97 Å². The summed E-state index contributed by atoms with van der Waals surface area (Å²) in [6, 6.07) is 7.64. The van der Waals surface area contributed by atoms with Crippen LogP contribution in [0.25, 0.3) is 11.4 Å². The van der Waals surface area contributed by atoms with E-state index in [0.29, 0.717) is 11.7 Å². The highest BCUT2D eigenvalue weighted by Gasteiger charge is 2.02. The molecule has 0 spiro atoms. The van der Waals surface area contributed by atoms with Gasteiger partial charge in [0.1, 0.15) is 5.75 Å². The fraction of sp³-hybridized carbons (Fsp3) is 0.167. The quantitative estimate of drug-likeness (QED) is 0.766. The molecule has 0 aliphatic carbocycles. The summed E-state index contributed by atoms with van der Waals surface area (Å²) in [4.78, 5) is 8.49. The van der Waals surface area contributed by atoms with Crippen molar-refractivity contribution in [3.8, 4) is 17.1 Å². The fourth-order valence-electron chi connectivity index (χ4n) is 1.34. The summed E-state index contributed by atoms with van der Waals surface area (Å²) in [7, 11) is 1.64. The SMILES string of the molecule is COc1cccc(-c2ncc(CCl)cn2)c1. The van der Waals surface area contributed by atoms with Crippen LogP contribution in [-0.4, -0.2) is 17.1 Å². The average molecular weight is 235 g/mol. The van der Waals surface area contributed by atoms with Crippen LogP contribution in [0.15, 0.2) is 36.7 Å². The lowest BCUT2D eigenvalue weighted by molar-refractivity contribution is 0.415. The molecule has 0 saturated heterocycles. The van der Waals surface area contributed by atoms with Crippen molar-refractivity contribution < 1.29 is 4.74 Å². The van der Waals surface area contributed by atoms with E-state index < -0.39 is 0 Å². The van der Waals surface area contributed by atoms with Crippen LogP contribution in [0.3, 0.4) is 0 Å². The van der Waals surface area contributed by atoms with Gasteiger partial charge in [0, 0.05) is 23.5 Å². The first-order chi connectivity index (χ1) is 7.83. The highest BCUT2D eigenvalue weighted by atomic mass is 35.5. The molecule has 1 aromatic heterocycles. The van der Waals surface area contributed by atoms with E-state index in [1.54, 1.807) is 19.5 Å². The van der Waals surface area contributed by atoms with Crippen LogP contribution in [-0.2, 0) is 5.88 Å². The van der Waals surface area contributed by atoms with Gasteiger partial charge in [-0.1, -0.05) is 12.1 Å². The molecule has 0 atom stereocenters. The van der Waals surface area contributed by atoms with Crippen LogP contribution >= 0.6 is 11.6 Å². The molecule has 0 aliphatic heterocycles. The van der Waals surface area contributed by atoms with Gasteiger partial charge in [-0.15, -0.1) is 11.6 Å². The van der Waals surface area contributed by atoms with E-state index in [9.17, 15) is 0 Å². The largest absolute Gasteiger partial charge is 0.497 e. The highest BCUT2D eigenvalue weighted by molar-refractivity contribution is 6.17. The predicted molar refractivity (Wildman–Crippen MR) is 63.6 cm³/mol. The maximum absolute atomic E-state index is 5.67. The molecule has 82 valence electrons. The van der Waals surface area contributed by atoms with Gasteiger partial charge in [0.15, 0.2) is 5.82 Å².